The zero-order valence-electron chi connectivity index (χ0n) is 10.7. The molecule has 1 heterocycles. The lowest BCUT2D eigenvalue weighted by atomic mass is 10.2. The maximum Gasteiger partial charge on any atom is 0.405 e. The molecule has 1 saturated heterocycles. The summed E-state index contributed by atoms with van der Waals surface area (Å²) < 4.78 is 38.7. The minimum Gasteiger partial charge on any atom is -0.369 e. The molecule has 2 amide bonds. The van der Waals surface area contributed by atoms with E-state index in [1.807, 2.05) is 0 Å². The van der Waals surface area contributed by atoms with Gasteiger partial charge in [0.1, 0.15) is 12.5 Å². The molecule has 0 aromatic heterocycles. The fraction of sp³-hybridized carbons (Fsp3) is 0.800. The topological polar surface area (TPSA) is 87.5 Å². The average Bonchev–Trinajstić information content (AvgIpc) is 2.27. The molecule has 1 atom stereocenters. The zero-order chi connectivity index (χ0) is 14.5. The fourth-order valence-corrected chi connectivity index (χ4v) is 1.88. The molecule has 0 saturated carbocycles. The van der Waals surface area contributed by atoms with E-state index in [2.05, 4.69) is 10.6 Å². The molecule has 1 unspecified atom stereocenters. The van der Waals surface area contributed by atoms with Crippen LogP contribution in [0.3, 0.4) is 0 Å². The number of nitrogens with two attached hydrogens (primary N) is 1. The van der Waals surface area contributed by atoms with Crippen molar-refractivity contribution in [1.82, 2.24) is 15.5 Å². The molecule has 10 heteroatoms. The van der Waals surface area contributed by atoms with E-state index < -0.39 is 37.0 Å². The van der Waals surface area contributed by atoms with E-state index in [0.717, 1.165) is 0 Å². The van der Waals surface area contributed by atoms with Crippen molar-refractivity contribution in [2.45, 2.75) is 18.6 Å². The maximum atomic E-state index is 12.9. The molecule has 1 aliphatic rings. The molecule has 0 aromatic carbocycles. The first-order valence-electron chi connectivity index (χ1n) is 5.87. The van der Waals surface area contributed by atoms with Crippen molar-refractivity contribution in [3.63, 3.8) is 0 Å². The summed E-state index contributed by atoms with van der Waals surface area (Å²) in [5.41, 5.74) is 4.79. The minimum atomic E-state index is -4.43. The predicted octanol–water partition coefficient (Wildman–Crippen LogP) is -0.764. The first kappa shape index (κ1) is 18.9. The number of nitrogens with zero attached hydrogens (tertiary/aromatic N) is 1. The van der Waals surface area contributed by atoms with Gasteiger partial charge in [-0.25, -0.2) is 0 Å². The van der Waals surface area contributed by atoms with Gasteiger partial charge in [-0.3, -0.25) is 14.5 Å². The monoisotopic (exact) mass is 318 g/mol. The van der Waals surface area contributed by atoms with Gasteiger partial charge in [-0.1, -0.05) is 0 Å². The van der Waals surface area contributed by atoms with Gasteiger partial charge in [0.05, 0.1) is 0 Å². The standard InChI is InChI=1S/C10H17F3N4O2.ClH/c11-10(12,13)7(17-3-1-15-2-4-17)6-16-9(19)5-8(14)18;/h7,15H,1-6H2,(H2,14,18)(H,16,19);1H. The number of hydrogen-bond acceptors (Lipinski definition) is 4. The molecule has 0 aliphatic carbocycles. The lowest BCUT2D eigenvalue weighted by Gasteiger charge is -2.35. The Bertz CT molecular complexity index is 335. The molecular formula is C10H18ClF3N4O2. The van der Waals surface area contributed by atoms with Crippen LogP contribution in [0, 0.1) is 0 Å². The van der Waals surface area contributed by atoms with Crippen LogP contribution in [-0.4, -0.2) is 61.7 Å². The Hall–Kier alpha value is -1.06. The van der Waals surface area contributed by atoms with Crippen molar-refractivity contribution < 1.29 is 22.8 Å². The highest BCUT2D eigenvalue weighted by molar-refractivity contribution is 5.96. The Morgan fingerprint density at radius 3 is 2.30 bits per heavy atom. The molecule has 0 aromatic rings. The summed E-state index contributed by atoms with van der Waals surface area (Å²) in [7, 11) is 0. The molecule has 1 rings (SSSR count). The lowest BCUT2D eigenvalue weighted by Crippen LogP contribution is -2.57. The lowest BCUT2D eigenvalue weighted by molar-refractivity contribution is -0.184. The molecule has 1 fully saturated rings. The van der Waals surface area contributed by atoms with Crippen molar-refractivity contribution in [2.75, 3.05) is 32.7 Å². The SMILES string of the molecule is Cl.NC(=O)CC(=O)NCC(N1CCNCC1)C(F)(F)F. The number of rotatable bonds is 5. The second-order valence-electron chi connectivity index (χ2n) is 4.29. The van der Waals surface area contributed by atoms with E-state index >= 15 is 0 Å². The molecule has 0 bridgehead atoms. The number of amides is 2. The van der Waals surface area contributed by atoms with Crippen molar-refractivity contribution in [2.24, 2.45) is 5.73 Å². The quantitative estimate of drug-likeness (QED) is 0.581. The number of carbonyl (C=O) groups excluding carboxylic acids is 2. The van der Waals surface area contributed by atoms with Gasteiger partial charge in [-0.2, -0.15) is 13.2 Å². The van der Waals surface area contributed by atoms with E-state index in [-0.39, 0.29) is 25.5 Å². The van der Waals surface area contributed by atoms with Gasteiger partial charge in [-0.15, -0.1) is 12.4 Å². The third-order valence-electron chi connectivity index (χ3n) is 2.80. The van der Waals surface area contributed by atoms with Crippen LogP contribution in [0.25, 0.3) is 0 Å². The van der Waals surface area contributed by atoms with E-state index in [9.17, 15) is 22.8 Å². The van der Waals surface area contributed by atoms with E-state index in [0.29, 0.717) is 13.1 Å². The van der Waals surface area contributed by atoms with Gasteiger partial charge < -0.3 is 16.4 Å². The van der Waals surface area contributed by atoms with Gasteiger partial charge in [0.2, 0.25) is 11.8 Å². The first-order chi connectivity index (χ1) is 8.80. The molecule has 0 spiro atoms. The number of alkyl halides is 3. The van der Waals surface area contributed by atoms with Crippen LogP contribution < -0.4 is 16.4 Å². The summed E-state index contributed by atoms with van der Waals surface area (Å²) in [6, 6.07) is -1.74. The Morgan fingerprint density at radius 2 is 1.85 bits per heavy atom. The number of halogens is 4. The smallest absolute Gasteiger partial charge is 0.369 e. The first-order valence-corrected chi connectivity index (χ1v) is 5.87. The Labute approximate surface area is 120 Å². The summed E-state index contributed by atoms with van der Waals surface area (Å²) >= 11 is 0. The molecule has 20 heavy (non-hydrogen) atoms. The Morgan fingerprint density at radius 1 is 1.30 bits per heavy atom. The third kappa shape index (κ3) is 6.40. The van der Waals surface area contributed by atoms with Crippen LogP contribution in [0.4, 0.5) is 13.2 Å². The number of nitrogens with one attached hydrogen (secondary N) is 2. The van der Waals surface area contributed by atoms with Crippen molar-refractivity contribution in [3.05, 3.63) is 0 Å². The second-order valence-corrected chi connectivity index (χ2v) is 4.29. The number of piperazine rings is 1. The summed E-state index contributed by atoms with van der Waals surface area (Å²) in [5, 5.41) is 5.05. The normalized spacial score (nSPS) is 17.9. The van der Waals surface area contributed by atoms with Gasteiger partial charge >= 0.3 is 6.18 Å². The minimum absolute atomic E-state index is 0. The second kappa shape index (κ2) is 8.28. The average molecular weight is 319 g/mol. The fourth-order valence-electron chi connectivity index (χ4n) is 1.88. The number of carbonyl (C=O) groups is 2. The number of hydrogen-bond donors (Lipinski definition) is 3. The van der Waals surface area contributed by atoms with Gasteiger partial charge in [0, 0.05) is 32.7 Å². The summed E-state index contributed by atoms with van der Waals surface area (Å²) in [6.45, 7) is 0.894. The third-order valence-corrected chi connectivity index (χ3v) is 2.80. The molecule has 6 nitrogen and oxygen atoms in total. The highest BCUT2D eigenvalue weighted by Crippen LogP contribution is 2.24. The highest BCUT2D eigenvalue weighted by atomic mass is 35.5. The van der Waals surface area contributed by atoms with E-state index in [4.69, 9.17) is 5.73 Å². The van der Waals surface area contributed by atoms with Crippen molar-refractivity contribution >= 4 is 24.2 Å². The summed E-state index contributed by atoms with van der Waals surface area (Å²) in [5.74, 6) is -1.67. The highest BCUT2D eigenvalue weighted by Gasteiger charge is 2.43. The Kier molecular flexibility index (Phi) is 7.84. The van der Waals surface area contributed by atoms with Crippen LogP contribution in [0.15, 0.2) is 0 Å². The van der Waals surface area contributed by atoms with Gasteiger partial charge in [0.25, 0.3) is 0 Å². The molecule has 118 valence electrons. The van der Waals surface area contributed by atoms with Crippen LogP contribution in [0.5, 0.6) is 0 Å². The van der Waals surface area contributed by atoms with Crippen LogP contribution in [0.1, 0.15) is 6.42 Å². The van der Waals surface area contributed by atoms with Crippen LogP contribution in [-0.2, 0) is 9.59 Å². The van der Waals surface area contributed by atoms with Gasteiger partial charge in [0.15, 0.2) is 0 Å². The molecule has 4 N–H and O–H groups in total. The molecular weight excluding hydrogens is 301 g/mol. The number of primary amides is 1. The Balaban J connectivity index is 0.00000361. The summed E-state index contributed by atoms with van der Waals surface area (Å²) in [6.07, 6.45) is -5.04. The van der Waals surface area contributed by atoms with Crippen molar-refractivity contribution in [3.8, 4) is 0 Å². The maximum absolute atomic E-state index is 12.9. The molecule has 1 aliphatic heterocycles. The largest absolute Gasteiger partial charge is 0.405 e. The van der Waals surface area contributed by atoms with E-state index in [1.54, 1.807) is 0 Å². The van der Waals surface area contributed by atoms with Crippen LogP contribution in [0.2, 0.25) is 0 Å². The van der Waals surface area contributed by atoms with E-state index in [1.165, 1.54) is 4.90 Å². The summed E-state index contributed by atoms with van der Waals surface area (Å²) in [4.78, 5) is 22.9. The van der Waals surface area contributed by atoms with Gasteiger partial charge in [-0.05, 0) is 0 Å². The van der Waals surface area contributed by atoms with Crippen molar-refractivity contribution in [1.29, 1.82) is 0 Å². The molecule has 0 radical (unpaired) electrons. The zero-order valence-corrected chi connectivity index (χ0v) is 11.5. The predicted molar refractivity (Wildman–Crippen MR) is 68.4 cm³/mol. The van der Waals surface area contributed by atoms with Crippen LogP contribution >= 0.6 is 12.4 Å².